The van der Waals surface area contributed by atoms with Gasteiger partial charge < -0.3 is 61.6 Å². The summed E-state index contributed by atoms with van der Waals surface area (Å²) in [6.45, 7) is 4.66. The van der Waals surface area contributed by atoms with Crippen LogP contribution < -0.4 is 14.2 Å². The average Bonchev–Trinajstić information content (AvgIpc) is 3.79. The summed E-state index contributed by atoms with van der Waals surface area (Å²) >= 11 is 0. The Morgan fingerprint density at radius 3 is 1.39 bits per heavy atom. The first-order valence-electron chi connectivity index (χ1n) is 26.8. The summed E-state index contributed by atoms with van der Waals surface area (Å²) < 4.78 is 83.4. The molecule has 19 atom stereocenters. The zero-order valence-corrected chi connectivity index (χ0v) is 47.0. The summed E-state index contributed by atoms with van der Waals surface area (Å²) in [5, 5.41) is 24.2. The van der Waals surface area contributed by atoms with Gasteiger partial charge in [-0.25, -0.2) is 0 Å². The van der Waals surface area contributed by atoms with Gasteiger partial charge in [-0.15, -0.1) is 6.42 Å². The van der Waals surface area contributed by atoms with Gasteiger partial charge in [0.1, 0.15) is 54.3 Å². The lowest BCUT2D eigenvalue weighted by molar-refractivity contribution is -0.302. The average molecular weight is 1160 g/mol. The summed E-state index contributed by atoms with van der Waals surface area (Å²) in [6.07, 6.45) is -9.16. The van der Waals surface area contributed by atoms with Crippen molar-refractivity contribution in [3.8, 4) is 29.6 Å². The van der Waals surface area contributed by atoms with Crippen molar-refractivity contribution in [1.82, 2.24) is 0 Å². The second-order valence-corrected chi connectivity index (χ2v) is 20.1. The fraction of sp³-hybridized carbons (Fsp3) is 0.623. The predicted molar refractivity (Wildman–Crippen MR) is 297 cm³/mol. The number of azide groups is 6. The van der Waals surface area contributed by atoms with Gasteiger partial charge in [-0.2, -0.15) is 0 Å². The molecule has 3 aliphatic heterocycles. The maximum absolute atomic E-state index is 10.2. The third-order valence-corrected chi connectivity index (χ3v) is 15.3. The largest absolute Gasteiger partial charge is 0.497 e. The van der Waals surface area contributed by atoms with Crippen LogP contribution in [0.5, 0.6) is 17.2 Å². The van der Waals surface area contributed by atoms with Crippen LogP contribution in [0.3, 0.4) is 0 Å². The molecule has 0 amide bonds. The third kappa shape index (κ3) is 16.2. The molecule has 31 heteroatoms. The van der Waals surface area contributed by atoms with E-state index in [1.807, 2.05) is 32.9 Å². The fourth-order valence-corrected chi connectivity index (χ4v) is 10.6. The van der Waals surface area contributed by atoms with Gasteiger partial charge in [0.15, 0.2) is 18.9 Å². The van der Waals surface area contributed by atoms with E-state index in [0.717, 1.165) is 5.56 Å². The van der Waals surface area contributed by atoms with Gasteiger partial charge in [-0.1, -0.05) is 93.8 Å². The molecule has 31 nitrogen and oxygen atoms in total. The molecule has 1 aliphatic carbocycles. The molecule has 0 aromatic heterocycles. The van der Waals surface area contributed by atoms with Crippen LogP contribution in [0.25, 0.3) is 62.7 Å². The Morgan fingerprint density at radius 2 is 0.905 bits per heavy atom. The molecule has 3 aromatic carbocycles. The topological polar surface area (TPSA) is 413 Å². The van der Waals surface area contributed by atoms with Gasteiger partial charge in [0.25, 0.3) is 0 Å². The minimum absolute atomic E-state index is 0.0535. The van der Waals surface area contributed by atoms with Crippen molar-refractivity contribution in [2.45, 2.75) is 145 Å². The molecule has 84 heavy (non-hydrogen) atoms. The molecule has 0 radical (unpaired) electrons. The first-order chi connectivity index (χ1) is 40.9. The number of methoxy groups -OCH3 is 3. The smallest absolute Gasteiger partial charge is 0.187 e. The van der Waals surface area contributed by atoms with E-state index >= 15 is 0 Å². The van der Waals surface area contributed by atoms with Crippen LogP contribution in [-0.2, 0) is 67.2 Å². The van der Waals surface area contributed by atoms with Crippen molar-refractivity contribution in [2.75, 3.05) is 47.6 Å². The zero-order chi connectivity index (χ0) is 60.0. The van der Waals surface area contributed by atoms with Crippen LogP contribution >= 0.6 is 0 Å². The molecule has 3 saturated heterocycles. The number of nitrogens with zero attached hydrogens (tertiary/aromatic N) is 18. The first-order valence-corrected chi connectivity index (χ1v) is 26.8. The predicted octanol–water partition coefficient (Wildman–Crippen LogP) is 10.4. The highest BCUT2D eigenvalue weighted by atomic mass is 16.8. The molecule has 0 spiro atoms. The second-order valence-electron chi connectivity index (χ2n) is 20.1. The highest BCUT2D eigenvalue weighted by Gasteiger charge is 2.57. The third-order valence-electron chi connectivity index (χ3n) is 15.3. The molecule has 3 heterocycles. The Morgan fingerprint density at radius 1 is 0.476 bits per heavy atom. The summed E-state index contributed by atoms with van der Waals surface area (Å²) in [5.41, 5.74) is 61.3. The second kappa shape index (κ2) is 32.2. The zero-order valence-electron chi connectivity index (χ0n) is 47.0. The molecule has 1 saturated carbocycles. The van der Waals surface area contributed by atoms with E-state index in [9.17, 15) is 33.2 Å². The molecular formula is C53H66N18O13. The number of terminal acetylenes is 1. The SMILES string of the molecule is C#CCOC[C@H]1O[C@@H](O[C@@H]2C(OCc3ccc(OC)cc3)[C@H](N=[N+]=[N-])CC(N=[N+]=[N-])[C@@H]2O[C@@H]2OC(CN=[N+]=[N-])[C@H](C)[C@H](C)C2N=[N+]=[N-])C(OCc2ccc(OC)cc2)[C@H]1O[C@H]1O[C@@H](CN=[N+]=[N-])[C@@H](C)C(OCc2ccc(OC)cc2)C1N=[N+]=[N-]. The highest BCUT2D eigenvalue weighted by Crippen LogP contribution is 2.42. The molecule has 4 aliphatic rings. The minimum Gasteiger partial charge on any atom is -0.497 e. The molecule has 4 fully saturated rings. The summed E-state index contributed by atoms with van der Waals surface area (Å²) in [7, 11) is 4.62. The van der Waals surface area contributed by atoms with Crippen molar-refractivity contribution in [3.05, 3.63) is 152 Å². The summed E-state index contributed by atoms with van der Waals surface area (Å²) in [4.78, 5) is 18.6. The van der Waals surface area contributed by atoms with Crippen molar-refractivity contribution >= 4 is 0 Å². The molecule has 0 N–H and O–H groups in total. The number of rotatable bonds is 29. The van der Waals surface area contributed by atoms with Crippen LogP contribution in [0, 0.1) is 30.1 Å². The Labute approximate surface area is 483 Å². The van der Waals surface area contributed by atoms with E-state index in [0.29, 0.717) is 28.4 Å². The number of ether oxygens (including phenoxy) is 13. The van der Waals surface area contributed by atoms with Crippen molar-refractivity contribution in [2.24, 2.45) is 48.4 Å². The lowest BCUT2D eigenvalue weighted by Gasteiger charge is -2.48. The van der Waals surface area contributed by atoms with Crippen LogP contribution in [0.2, 0.25) is 0 Å². The van der Waals surface area contributed by atoms with Crippen molar-refractivity contribution in [3.63, 3.8) is 0 Å². The Bertz CT molecular complexity index is 2950. The Balaban J connectivity index is 1.35. The highest BCUT2D eigenvalue weighted by molar-refractivity contribution is 5.28. The molecular weight excluding hydrogens is 1100 g/mol. The van der Waals surface area contributed by atoms with E-state index in [-0.39, 0.29) is 58.5 Å². The minimum atomic E-state index is -1.54. The molecule has 446 valence electrons. The summed E-state index contributed by atoms with van der Waals surface area (Å²) in [5.74, 6) is 2.96. The van der Waals surface area contributed by atoms with E-state index in [1.165, 1.54) is 14.2 Å². The molecule has 3 aromatic rings. The number of hydrogen-bond donors (Lipinski definition) is 0. The lowest BCUT2D eigenvalue weighted by atomic mass is 9.81. The lowest BCUT2D eigenvalue weighted by Crippen LogP contribution is -2.62. The summed E-state index contributed by atoms with van der Waals surface area (Å²) in [6, 6.07) is 16.8. The maximum Gasteiger partial charge on any atom is 0.187 e. The van der Waals surface area contributed by atoms with Crippen LogP contribution in [-0.4, -0.2) is 146 Å². The molecule has 7 rings (SSSR count). The van der Waals surface area contributed by atoms with E-state index < -0.39 is 110 Å². The van der Waals surface area contributed by atoms with Crippen molar-refractivity contribution in [1.29, 1.82) is 0 Å². The molecule has 7 unspecified atom stereocenters. The van der Waals surface area contributed by atoms with E-state index in [2.05, 4.69) is 66.1 Å². The van der Waals surface area contributed by atoms with Crippen LogP contribution in [0.4, 0.5) is 0 Å². The van der Waals surface area contributed by atoms with Gasteiger partial charge in [0, 0.05) is 35.4 Å². The van der Waals surface area contributed by atoms with E-state index in [1.54, 1.807) is 67.8 Å². The monoisotopic (exact) mass is 1160 g/mol. The Kier molecular flexibility index (Phi) is 24.4. The normalized spacial score (nSPS) is 31.6. The molecule has 0 bridgehead atoms. The van der Waals surface area contributed by atoms with Gasteiger partial charge in [0.05, 0.1) is 109 Å². The van der Waals surface area contributed by atoms with Crippen LogP contribution in [0.15, 0.2) is 103 Å². The Hall–Kier alpha value is -7.92. The van der Waals surface area contributed by atoms with Gasteiger partial charge >= 0.3 is 0 Å². The van der Waals surface area contributed by atoms with Crippen LogP contribution in [0.1, 0.15) is 43.9 Å². The number of benzene rings is 3. The van der Waals surface area contributed by atoms with Gasteiger partial charge in [0.2, 0.25) is 0 Å². The quantitative estimate of drug-likeness (QED) is 0.0205. The fourth-order valence-electron chi connectivity index (χ4n) is 10.6. The first kappa shape index (κ1) is 63.7. The van der Waals surface area contributed by atoms with Gasteiger partial charge in [-0.05, 0) is 105 Å². The van der Waals surface area contributed by atoms with E-state index in [4.69, 9.17) is 68.0 Å². The van der Waals surface area contributed by atoms with Gasteiger partial charge in [-0.3, -0.25) is 0 Å². The standard InChI is InChI=1S/C53H66N18O13/c1-8-21-75-28-42-48(83-52-44(65-71-59)45(31(4)41(80-52)24-61-67-55)76-25-32-9-15-35(72-5)16-10-32)50(78-27-34-13-19-37(74-7)20-14-34)53(81-42)84-49-46(77-26-33-11-17-36(73-6)18-12-33)38(62-68-56)22-39(63-69-57)47(49)82-51-43(64-70-58)30(3)29(2)40(79-51)23-60-66-54/h1,9-20,29-31,38-53H,21-28H2,2-7H3/t29-,30+,31-,38-,39?,40?,41+,42-,43?,44?,45?,46?,47+,48+,49-,50?,51+,52-,53+/m1/s1. The van der Waals surface area contributed by atoms with Crippen molar-refractivity contribution < 1.29 is 61.6 Å². The number of hydrogen-bond acceptors (Lipinski definition) is 19. The maximum atomic E-state index is 10.2.